The van der Waals surface area contributed by atoms with Crippen LogP contribution < -0.4 is 5.32 Å². The molecule has 108 valence electrons. The van der Waals surface area contributed by atoms with E-state index >= 15 is 0 Å². The van der Waals surface area contributed by atoms with Crippen LogP contribution in [0, 0.1) is 0 Å². The minimum absolute atomic E-state index is 0.00378. The number of ether oxygens (including phenoxy) is 2. The Morgan fingerprint density at radius 3 is 2.58 bits per heavy atom. The highest BCUT2D eigenvalue weighted by Gasteiger charge is 2.07. The normalized spacial score (nSPS) is 14.3. The second kappa shape index (κ2) is 9.28. The first kappa shape index (κ1) is 16.4. The summed E-state index contributed by atoms with van der Waals surface area (Å²) in [4.78, 5) is 0. The van der Waals surface area contributed by atoms with Gasteiger partial charge in [0.15, 0.2) is 0 Å². The van der Waals surface area contributed by atoms with E-state index in [1.807, 2.05) is 31.2 Å². The van der Waals surface area contributed by atoms with Gasteiger partial charge in [-0.3, -0.25) is 0 Å². The Morgan fingerprint density at radius 1 is 1.26 bits per heavy atom. The molecule has 0 fully saturated rings. The average molecular weight is 288 g/mol. The minimum atomic E-state index is -0.522. The van der Waals surface area contributed by atoms with Crippen LogP contribution in [0.3, 0.4) is 0 Å². The van der Waals surface area contributed by atoms with Crippen LogP contribution in [0.5, 0.6) is 0 Å². The number of hydrogen-bond acceptors (Lipinski definition) is 4. The lowest BCUT2D eigenvalue weighted by Gasteiger charge is -2.16. The Bertz CT molecular complexity index is 345. The highest BCUT2D eigenvalue weighted by atomic mass is 35.5. The molecule has 0 saturated heterocycles. The molecule has 2 unspecified atom stereocenters. The number of rotatable bonds is 9. The smallest absolute Gasteiger partial charge is 0.0897 e. The van der Waals surface area contributed by atoms with Gasteiger partial charge >= 0.3 is 0 Å². The molecule has 1 aromatic rings. The third kappa shape index (κ3) is 7.50. The molecule has 2 N–H and O–H groups in total. The third-order valence-electron chi connectivity index (χ3n) is 2.60. The van der Waals surface area contributed by atoms with Gasteiger partial charge in [-0.2, -0.15) is 0 Å². The number of nitrogens with one attached hydrogen (secondary N) is 1. The standard InChI is InChI=1S/C14H22ClNO3/c1-11(9-18-2)19-10-14(17)8-16-7-12-3-5-13(15)6-4-12/h3-6,11,14,16-17H,7-10H2,1-2H3. The zero-order chi connectivity index (χ0) is 14.1. The van der Waals surface area contributed by atoms with Crippen molar-refractivity contribution in [1.29, 1.82) is 0 Å². The lowest BCUT2D eigenvalue weighted by molar-refractivity contribution is -0.0311. The first-order valence-electron chi connectivity index (χ1n) is 6.35. The molecule has 0 amide bonds. The van der Waals surface area contributed by atoms with Crippen molar-refractivity contribution in [1.82, 2.24) is 5.32 Å². The molecule has 0 bridgehead atoms. The van der Waals surface area contributed by atoms with Crippen LogP contribution in [0.15, 0.2) is 24.3 Å². The highest BCUT2D eigenvalue weighted by molar-refractivity contribution is 6.30. The van der Waals surface area contributed by atoms with Gasteiger partial charge in [-0.15, -0.1) is 0 Å². The Morgan fingerprint density at radius 2 is 1.95 bits per heavy atom. The topological polar surface area (TPSA) is 50.7 Å². The summed E-state index contributed by atoms with van der Waals surface area (Å²) in [6.07, 6.45) is -0.525. The maximum absolute atomic E-state index is 9.74. The van der Waals surface area contributed by atoms with E-state index in [0.717, 1.165) is 10.6 Å². The molecule has 0 heterocycles. The molecule has 2 atom stereocenters. The Balaban J connectivity index is 2.13. The monoisotopic (exact) mass is 287 g/mol. The van der Waals surface area contributed by atoms with Crippen LogP contribution in [-0.4, -0.2) is 44.2 Å². The van der Waals surface area contributed by atoms with Gasteiger partial charge < -0.3 is 19.9 Å². The van der Waals surface area contributed by atoms with Crippen molar-refractivity contribution in [2.75, 3.05) is 26.9 Å². The van der Waals surface area contributed by atoms with Crippen LogP contribution in [0.25, 0.3) is 0 Å². The second-order valence-corrected chi connectivity index (χ2v) is 4.95. The van der Waals surface area contributed by atoms with Gasteiger partial charge in [0.2, 0.25) is 0 Å². The van der Waals surface area contributed by atoms with Crippen molar-refractivity contribution in [3.63, 3.8) is 0 Å². The van der Waals surface area contributed by atoms with Crippen molar-refractivity contribution in [2.24, 2.45) is 0 Å². The predicted octanol–water partition coefficient (Wildman–Crippen LogP) is 1.84. The largest absolute Gasteiger partial charge is 0.389 e. The van der Waals surface area contributed by atoms with E-state index < -0.39 is 6.10 Å². The van der Waals surface area contributed by atoms with Crippen molar-refractivity contribution in [3.8, 4) is 0 Å². The van der Waals surface area contributed by atoms with Crippen LogP contribution >= 0.6 is 11.6 Å². The SMILES string of the molecule is COCC(C)OCC(O)CNCc1ccc(Cl)cc1. The van der Waals surface area contributed by atoms with E-state index in [9.17, 15) is 5.11 Å². The van der Waals surface area contributed by atoms with E-state index in [0.29, 0.717) is 26.3 Å². The van der Waals surface area contributed by atoms with Crippen molar-refractivity contribution in [3.05, 3.63) is 34.9 Å². The Labute approximate surface area is 119 Å². The van der Waals surface area contributed by atoms with Gasteiger partial charge in [0, 0.05) is 25.2 Å². The predicted molar refractivity (Wildman–Crippen MR) is 76.5 cm³/mol. The molecular weight excluding hydrogens is 266 g/mol. The maximum Gasteiger partial charge on any atom is 0.0897 e. The summed E-state index contributed by atoms with van der Waals surface area (Å²) in [5, 5.41) is 13.6. The summed E-state index contributed by atoms with van der Waals surface area (Å²) in [5.41, 5.74) is 1.13. The fourth-order valence-electron chi connectivity index (χ4n) is 1.60. The first-order chi connectivity index (χ1) is 9.11. The van der Waals surface area contributed by atoms with Gasteiger partial charge in [0.25, 0.3) is 0 Å². The molecule has 0 aromatic heterocycles. The molecule has 1 rings (SSSR count). The summed E-state index contributed by atoms with van der Waals surface area (Å²) in [6.45, 7) is 3.94. The number of halogens is 1. The zero-order valence-corrected chi connectivity index (χ0v) is 12.2. The summed E-state index contributed by atoms with van der Waals surface area (Å²) < 4.78 is 10.4. The van der Waals surface area contributed by atoms with Crippen LogP contribution in [0.4, 0.5) is 0 Å². The molecule has 0 aliphatic rings. The zero-order valence-electron chi connectivity index (χ0n) is 11.4. The molecule has 0 aliphatic carbocycles. The van der Waals surface area contributed by atoms with E-state index in [1.165, 1.54) is 0 Å². The second-order valence-electron chi connectivity index (χ2n) is 4.51. The lowest BCUT2D eigenvalue weighted by Crippen LogP contribution is -2.32. The van der Waals surface area contributed by atoms with Crippen molar-refractivity contribution >= 4 is 11.6 Å². The Kier molecular flexibility index (Phi) is 8.02. The van der Waals surface area contributed by atoms with E-state index in [2.05, 4.69) is 5.32 Å². The van der Waals surface area contributed by atoms with Gasteiger partial charge in [-0.1, -0.05) is 23.7 Å². The fraction of sp³-hybridized carbons (Fsp3) is 0.571. The number of methoxy groups -OCH3 is 1. The molecule has 0 saturated carbocycles. The minimum Gasteiger partial charge on any atom is -0.389 e. The molecule has 0 spiro atoms. The highest BCUT2D eigenvalue weighted by Crippen LogP contribution is 2.09. The van der Waals surface area contributed by atoms with Gasteiger partial charge in [0.05, 0.1) is 25.4 Å². The van der Waals surface area contributed by atoms with Gasteiger partial charge in [0.1, 0.15) is 0 Å². The molecule has 0 aliphatic heterocycles. The molecule has 5 heteroatoms. The fourth-order valence-corrected chi connectivity index (χ4v) is 1.73. The number of benzene rings is 1. The van der Waals surface area contributed by atoms with E-state index in [-0.39, 0.29) is 6.10 Å². The summed E-state index contributed by atoms with van der Waals surface area (Å²) in [6, 6.07) is 7.62. The molecule has 0 radical (unpaired) electrons. The first-order valence-corrected chi connectivity index (χ1v) is 6.73. The van der Waals surface area contributed by atoms with Crippen LogP contribution in [0.2, 0.25) is 5.02 Å². The van der Waals surface area contributed by atoms with E-state index in [1.54, 1.807) is 7.11 Å². The van der Waals surface area contributed by atoms with Crippen molar-refractivity contribution < 1.29 is 14.6 Å². The summed E-state index contributed by atoms with van der Waals surface area (Å²) in [5.74, 6) is 0. The van der Waals surface area contributed by atoms with Gasteiger partial charge in [-0.25, -0.2) is 0 Å². The number of aliphatic hydroxyl groups is 1. The maximum atomic E-state index is 9.74. The number of hydrogen-bond donors (Lipinski definition) is 2. The van der Waals surface area contributed by atoms with Crippen LogP contribution in [-0.2, 0) is 16.0 Å². The molecule has 1 aromatic carbocycles. The van der Waals surface area contributed by atoms with Gasteiger partial charge in [-0.05, 0) is 24.6 Å². The molecule has 19 heavy (non-hydrogen) atoms. The molecular formula is C14H22ClNO3. The van der Waals surface area contributed by atoms with Crippen LogP contribution in [0.1, 0.15) is 12.5 Å². The van der Waals surface area contributed by atoms with Crippen molar-refractivity contribution in [2.45, 2.75) is 25.7 Å². The average Bonchev–Trinajstić information content (AvgIpc) is 2.39. The summed E-state index contributed by atoms with van der Waals surface area (Å²) in [7, 11) is 1.63. The third-order valence-corrected chi connectivity index (χ3v) is 2.85. The summed E-state index contributed by atoms with van der Waals surface area (Å²) >= 11 is 5.81. The Hall–Kier alpha value is -0.650. The lowest BCUT2D eigenvalue weighted by atomic mass is 10.2. The van der Waals surface area contributed by atoms with E-state index in [4.69, 9.17) is 21.1 Å². The molecule has 4 nitrogen and oxygen atoms in total. The quantitative estimate of drug-likeness (QED) is 0.728. The number of aliphatic hydroxyl groups excluding tert-OH is 1.